The zero-order chi connectivity index (χ0) is 55.0. The predicted molar refractivity (Wildman–Crippen MR) is 323 cm³/mol. The first-order valence-electron chi connectivity index (χ1n) is 30.6. The van der Waals surface area contributed by atoms with Crippen LogP contribution in [0.15, 0.2) is 97.2 Å². The molecule has 0 rings (SSSR count). The fourth-order valence-electron chi connectivity index (χ4n) is 8.31. The Morgan fingerprint density at radius 2 is 0.893 bits per heavy atom. The van der Waals surface area contributed by atoms with Gasteiger partial charge < -0.3 is 19.4 Å². The van der Waals surface area contributed by atoms with Crippen molar-refractivity contribution < 1.29 is 37.3 Å². The molecule has 0 radical (unpaired) electrons. The van der Waals surface area contributed by atoms with Crippen LogP contribution in [0.3, 0.4) is 0 Å². The number of phosphoric acid groups is 1. The lowest BCUT2D eigenvalue weighted by Gasteiger charge is -2.27. The third kappa shape index (κ3) is 55.5. The summed E-state index contributed by atoms with van der Waals surface area (Å²) >= 11 is 0. The largest absolute Gasteiger partial charge is 0.472 e. The molecule has 1 amide bonds. The number of amides is 1. The number of hydrogen-bond acceptors (Lipinski definition) is 6. The van der Waals surface area contributed by atoms with Crippen LogP contribution in [0, 0.1) is 0 Å². The summed E-state index contributed by atoms with van der Waals surface area (Å²) in [5.41, 5.74) is 0. The summed E-state index contributed by atoms with van der Waals surface area (Å²) in [5.74, 6) is -0.544. The van der Waals surface area contributed by atoms with Crippen LogP contribution in [0.5, 0.6) is 0 Å². The molecule has 432 valence electrons. The van der Waals surface area contributed by atoms with Crippen molar-refractivity contribution in [3.8, 4) is 0 Å². The van der Waals surface area contributed by atoms with Crippen molar-refractivity contribution in [2.24, 2.45) is 0 Å². The number of quaternary nitrogens is 1. The van der Waals surface area contributed by atoms with Gasteiger partial charge in [0.15, 0.2) is 0 Å². The minimum atomic E-state index is -4.46. The molecule has 2 N–H and O–H groups in total. The van der Waals surface area contributed by atoms with E-state index in [4.69, 9.17) is 13.8 Å². The molecule has 0 bridgehead atoms. The zero-order valence-electron chi connectivity index (χ0n) is 49.3. The van der Waals surface area contributed by atoms with Gasteiger partial charge in [0.25, 0.3) is 0 Å². The molecular weight excluding hydrogens is 952 g/mol. The van der Waals surface area contributed by atoms with E-state index in [1.807, 2.05) is 33.3 Å². The third-order valence-electron chi connectivity index (χ3n) is 13.0. The number of nitrogens with one attached hydrogen (secondary N) is 1. The van der Waals surface area contributed by atoms with Gasteiger partial charge in [0.2, 0.25) is 5.91 Å². The van der Waals surface area contributed by atoms with Crippen molar-refractivity contribution in [1.82, 2.24) is 5.32 Å². The number of allylic oxidation sites excluding steroid dienone is 15. The number of esters is 1. The standard InChI is InChI=1S/C65H115N2O7P/c1-7-10-13-16-19-22-25-28-30-31-32-33-34-35-37-39-42-45-48-51-54-57-64(68)66-62(61-73-75(70,71)72-60-59-67(4,5)6)63(56-53-50-47-44-41-38-27-24-21-18-15-12-9-3)74-65(69)58-55-52-49-46-43-40-36-29-26-23-20-17-14-11-8-2/h10,13,19-20,22-23,26,28-30,32-33,35,37,53,56,62-63H,7-9,11-12,14-18,21,24-25,27,31,34,36,38-52,54-55,57-61H2,1-6H3,(H-,66,68,70,71)/p+1/b13-10-,22-19-,23-20+,29-26+,30-28-,33-32-,37-35-,56-53-. The summed E-state index contributed by atoms with van der Waals surface area (Å²) in [6.07, 6.45) is 72.5. The van der Waals surface area contributed by atoms with Gasteiger partial charge in [-0.2, -0.15) is 0 Å². The summed E-state index contributed by atoms with van der Waals surface area (Å²) in [7, 11) is 1.46. The Kier molecular flexibility index (Phi) is 52.1. The lowest BCUT2D eigenvalue weighted by atomic mass is 10.0. The van der Waals surface area contributed by atoms with Crippen LogP contribution in [-0.4, -0.2) is 74.3 Å². The molecule has 0 aliphatic rings. The molecule has 9 nitrogen and oxygen atoms in total. The first-order chi connectivity index (χ1) is 36.4. The summed E-state index contributed by atoms with van der Waals surface area (Å²) in [6.45, 7) is 6.84. The fraction of sp³-hybridized carbons (Fsp3) is 0.723. The summed E-state index contributed by atoms with van der Waals surface area (Å²) in [4.78, 5) is 37.7. The molecule has 0 fully saturated rings. The van der Waals surface area contributed by atoms with Crippen LogP contribution in [0.4, 0.5) is 0 Å². The maximum atomic E-state index is 13.5. The number of hydrogen-bond donors (Lipinski definition) is 2. The molecule has 0 saturated heterocycles. The number of carbonyl (C=O) groups is 2. The van der Waals surface area contributed by atoms with E-state index in [0.717, 1.165) is 128 Å². The van der Waals surface area contributed by atoms with Gasteiger partial charge in [0, 0.05) is 12.8 Å². The lowest BCUT2D eigenvalue weighted by Crippen LogP contribution is -2.47. The second-order valence-corrected chi connectivity index (χ2v) is 23.0. The highest BCUT2D eigenvalue weighted by Crippen LogP contribution is 2.43. The van der Waals surface area contributed by atoms with Crippen molar-refractivity contribution in [2.75, 3.05) is 40.9 Å². The van der Waals surface area contributed by atoms with E-state index in [1.165, 1.54) is 89.9 Å². The summed E-state index contributed by atoms with van der Waals surface area (Å²) in [5, 5.41) is 3.04. The van der Waals surface area contributed by atoms with Gasteiger partial charge in [0.05, 0.1) is 33.8 Å². The van der Waals surface area contributed by atoms with E-state index in [2.05, 4.69) is 111 Å². The average molecular weight is 1070 g/mol. The van der Waals surface area contributed by atoms with Crippen LogP contribution in [0.1, 0.15) is 252 Å². The normalized spacial score (nSPS) is 14.4. The first-order valence-corrected chi connectivity index (χ1v) is 32.1. The molecule has 0 heterocycles. The van der Waals surface area contributed by atoms with E-state index in [9.17, 15) is 19.0 Å². The monoisotopic (exact) mass is 1070 g/mol. The number of phosphoric ester groups is 1. The number of ether oxygens (including phenoxy) is 1. The molecule has 3 atom stereocenters. The molecule has 3 unspecified atom stereocenters. The molecule has 0 aliphatic heterocycles. The number of unbranched alkanes of at least 4 members (excludes halogenated alkanes) is 25. The van der Waals surface area contributed by atoms with E-state index >= 15 is 0 Å². The molecule has 10 heteroatoms. The van der Waals surface area contributed by atoms with Crippen LogP contribution in [0.25, 0.3) is 0 Å². The first kappa shape index (κ1) is 71.9. The Hall–Kier alpha value is -3.07. The van der Waals surface area contributed by atoms with Crippen molar-refractivity contribution in [1.29, 1.82) is 0 Å². The number of carbonyl (C=O) groups excluding carboxylic acids is 2. The van der Waals surface area contributed by atoms with E-state index in [0.29, 0.717) is 17.4 Å². The van der Waals surface area contributed by atoms with E-state index in [-0.39, 0.29) is 31.5 Å². The molecule has 0 spiro atoms. The van der Waals surface area contributed by atoms with Gasteiger partial charge in [0.1, 0.15) is 19.3 Å². The van der Waals surface area contributed by atoms with Crippen molar-refractivity contribution in [2.45, 2.75) is 264 Å². The highest BCUT2D eigenvalue weighted by molar-refractivity contribution is 7.47. The highest BCUT2D eigenvalue weighted by Gasteiger charge is 2.30. The van der Waals surface area contributed by atoms with Gasteiger partial charge in [-0.15, -0.1) is 0 Å². The molecular formula is C65H116N2O7P+. The lowest BCUT2D eigenvalue weighted by molar-refractivity contribution is -0.870. The Morgan fingerprint density at radius 3 is 1.39 bits per heavy atom. The van der Waals surface area contributed by atoms with Crippen molar-refractivity contribution in [3.05, 3.63) is 97.2 Å². The molecule has 0 aromatic heterocycles. The molecule has 0 aromatic carbocycles. The highest BCUT2D eigenvalue weighted by atomic mass is 31.2. The van der Waals surface area contributed by atoms with Crippen LogP contribution in [0.2, 0.25) is 0 Å². The van der Waals surface area contributed by atoms with Gasteiger partial charge in [-0.1, -0.05) is 234 Å². The number of rotatable bonds is 54. The van der Waals surface area contributed by atoms with Crippen molar-refractivity contribution in [3.63, 3.8) is 0 Å². The Morgan fingerprint density at radius 1 is 0.493 bits per heavy atom. The molecule has 0 aliphatic carbocycles. The Bertz CT molecular complexity index is 1610. The molecule has 75 heavy (non-hydrogen) atoms. The zero-order valence-corrected chi connectivity index (χ0v) is 50.2. The smallest absolute Gasteiger partial charge is 0.456 e. The minimum absolute atomic E-state index is 0.0296. The predicted octanol–water partition coefficient (Wildman–Crippen LogP) is 18.8. The Balaban J connectivity index is 5.35. The van der Waals surface area contributed by atoms with Gasteiger partial charge in [-0.3, -0.25) is 18.6 Å². The summed E-state index contributed by atoms with van der Waals surface area (Å²) in [6, 6.07) is -0.869. The van der Waals surface area contributed by atoms with Crippen LogP contribution < -0.4 is 5.32 Å². The van der Waals surface area contributed by atoms with Crippen LogP contribution >= 0.6 is 7.82 Å². The van der Waals surface area contributed by atoms with Gasteiger partial charge in [-0.05, 0) is 102 Å². The maximum absolute atomic E-state index is 13.5. The van der Waals surface area contributed by atoms with Crippen LogP contribution in [-0.2, 0) is 27.9 Å². The molecule has 0 aromatic rings. The second kappa shape index (κ2) is 54.3. The van der Waals surface area contributed by atoms with Crippen molar-refractivity contribution >= 4 is 19.7 Å². The number of likely N-dealkylation sites (N-methyl/N-ethyl adjacent to an activating group) is 1. The average Bonchev–Trinajstić information content (AvgIpc) is 3.37. The molecule has 0 saturated carbocycles. The quantitative estimate of drug-likeness (QED) is 0.0156. The third-order valence-corrected chi connectivity index (χ3v) is 14.0. The van der Waals surface area contributed by atoms with E-state index in [1.54, 1.807) is 0 Å². The fourth-order valence-corrected chi connectivity index (χ4v) is 9.05. The van der Waals surface area contributed by atoms with Gasteiger partial charge >= 0.3 is 13.8 Å². The van der Waals surface area contributed by atoms with Gasteiger partial charge in [-0.25, -0.2) is 4.57 Å². The maximum Gasteiger partial charge on any atom is 0.472 e. The topological polar surface area (TPSA) is 111 Å². The van der Waals surface area contributed by atoms with E-state index < -0.39 is 20.0 Å². The summed E-state index contributed by atoms with van der Waals surface area (Å²) < 4.78 is 30.7. The Labute approximate surface area is 462 Å². The minimum Gasteiger partial charge on any atom is -0.456 e. The number of nitrogens with zero attached hydrogens (tertiary/aromatic N) is 1. The SMILES string of the molecule is CC/C=C\C/C=C\C/C=C\C/C=C\C/C=C\CCCCCCCC(=O)NC(COP(=O)(O)OCC[N+](C)(C)C)C(/C=C\CCCCCCCCCCCCC)OC(=O)CCCCCCCC/C=C/C=C/CCCCC. The second-order valence-electron chi connectivity index (χ2n) is 21.5.